The van der Waals surface area contributed by atoms with E-state index in [-0.39, 0.29) is 11.9 Å². The Balaban J connectivity index is 2.02. The highest BCUT2D eigenvalue weighted by Gasteiger charge is 2.15. The average Bonchev–Trinajstić information content (AvgIpc) is 2.77. The Morgan fingerprint density at radius 3 is 2.84 bits per heavy atom. The van der Waals surface area contributed by atoms with E-state index in [1.54, 1.807) is 0 Å². The van der Waals surface area contributed by atoms with Crippen LogP contribution in [0.5, 0.6) is 0 Å². The van der Waals surface area contributed by atoms with Crippen LogP contribution in [0.2, 0.25) is 0 Å². The van der Waals surface area contributed by atoms with Crippen LogP contribution in [0.1, 0.15) is 32.9 Å². The van der Waals surface area contributed by atoms with Crippen molar-refractivity contribution in [2.75, 3.05) is 0 Å². The summed E-state index contributed by atoms with van der Waals surface area (Å²) < 4.78 is 1.93. The molecule has 0 saturated heterocycles. The van der Waals surface area contributed by atoms with Gasteiger partial charge in [0.2, 0.25) is 5.91 Å². The van der Waals surface area contributed by atoms with Gasteiger partial charge in [0, 0.05) is 18.4 Å². The second-order valence-corrected chi connectivity index (χ2v) is 5.20. The van der Waals surface area contributed by atoms with Gasteiger partial charge in [-0.1, -0.05) is 26.8 Å². The highest BCUT2D eigenvalue weighted by atomic mass is 16.1. The number of nitrogens with one attached hydrogen (secondary N) is 1. The Labute approximate surface area is 113 Å². The molecule has 1 atom stereocenters. The molecule has 19 heavy (non-hydrogen) atoms. The fourth-order valence-electron chi connectivity index (χ4n) is 2.23. The molecule has 2 heterocycles. The smallest absolute Gasteiger partial charge is 0.226 e. The third kappa shape index (κ3) is 3.34. The van der Waals surface area contributed by atoms with E-state index >= 15 is 0 Å². The summed E-state index contributed by atoms with van der Waals surface area (Å²) in [6, 6.07) is 6.07. The van der Waals surface area contributed by atoms with Gasteiger partial charge in [0.15, 0.2) is 0 Å². The van der Waals surface area contributed by atoms with Crippen molar-refractivity contribution < 1.29 is 4.79 Å². The third-order valence-corrected chi connectivity index (χ3v) is 3.35. The molecule has 2 aromatic heterocycles. The van der Waals surface area contributed by atoms with Gasteiger partial charge in [0.1, 0.15) is 5.65 Å². The van der Waals surface area contributed by atoms with Crippen LogP contribution in [0.4, 0.5) is 0 Å². The van der Waals surface area contributed by atoms with E-state index in [0.29, 0.717) is 12.3 Å². The molecule has 102 valence electrons. The molecule has 2 aromatic rings. The van der Waals surface area contributed by atoms with E-state index in [4.69, 9.17) is 0 Å². The molecule has 4 nitrogen and oxygen atoms in total. The van der Waals surface area contributed by atoms with Crippen molar-refractivity contribution in [2.45, 2.75) is 39.7 Å². The van der Waals surface area contributed by atoms with Crippen molar-refractivity contribution in [3.8, 4) is 0 Å². The highest BCUT2D eigenvalue weighted by molar-refractivity contribution is 5.78. The van der Waals surface area contributed by atoms with E-state index in [1.165, 1.54) is 0 Å². The van der Waals surface area contributed by atoms with E-state index < -0.39 is 0 Å². The Morgan fingerprint density at radius 1 is 1.42 bits per heavy atom. The number of hydrogen-bond acceptors (Lipinski definition) is 2. The third-order valence-electron chi connectivity index (χ3n) is 3.35. The largest absolute Gasteiger partial charge is 0.353 e. The summed E-state index contributed by atoms with van der Waals surface area (Å²) in [7, 11) is 0. The molecule has 1 amide bonds. The number of aromatic nitrogens is 2. The van der Waals surface area contributed by atoms with Crippen LogP contribution < -0.4 is 5.32 Å². The number of amides is 1. The van der Waals surface area contributed by atoms with E-state index in [9.17, 15) is 4.79 Å². The fraction of sp³-hybridized carbons (Fsp3) is 0.467. The number of hydrogen-bond donors (Lipinski definition) is 1. The Bertz CT molecular complexity index is 526. The minimum atomic E-state index is 0.0453. The summed E-state index contributed by atoms with van der Waals surface area (Å²) in [4.78, 5) is 16.4. The lowest BCUT2D eigenvalue weighted by Gasteiger charge is -2.20. The maximum absolute atomic E-state index is 12.0. The molecule has 0 aliphatic carbocycles. The van der Waals surface area contributed by atoms with Crippen molar-refractivity contribution in [1.82, 2.24) is 14.7 Å². The zero-order chi connectivity index (χ0) is 13.8. The zero-order valence-electron chi connectivity index (χ0n) is 11.8. The van der Waals surface area contributed by atoms with Crippen LogP contribution in [0.15, 0.2) is 30.6 Å². The standard InChI is InChI=1S/C15H21N3O/c1-4-13(11(2)3)17-15(19)9-12-10-18-8-6-5-7-14(18)16-12/h5-8,10-11,13H,4,9H2,1-3H3,(H,17,19)/t13-/m0/s1. The van der Waals surface area contributed by atoms with Crippen molar-refractivity contribution >= 4 is 11.6 Å². The number of carbonyl (C=O) groups is 1. The topological polar surface area (TPSA) is 46.4 Å². The number of fused-ring (bicyclic) bond motifs is 1. The summed E-state index contributed by atoms with van der Waals surface area (Å²) in [5, 5.41) is 3.07. The van der Waals surface area contributed by atoms with Gasteiger partial charge in [-0.2, -0.15) is 0 Å². The normalized spacial score (nSPS) is 12.8. The van der Waals surface area contributed by atoms with Crippen LogP contribution in [0.25, 0.3) is 5.65 Å². The van der Waals surface area contributed by atoms with Crippen molar-refractivity contribution in [3.05, 3.63) is 36.3 Å². The van der Waals surface area contributed by atoms with Crippen LogP contribution in [0, 0.1) is 5.92 Å². The fourth-order valence-corrected chi connectivity index (χ4v) is 2.23. The van der Waals surface area contributed by atoms with Gasteiger partial charge in [-0.05, 0) is 24.5 Å². The van der Waals surface area contributed by atoms with E-state index in [2.05, 4.69) is 31.1 Å². The van der Waals surface area contributed by atoms with Gasteiger partial charge in [-0.3, -0.25) is 4.79 Å². The lowest BCUT2D eigenvalue weighted by Crippen LogP contribution is -2.38. The second-order valence-electron chi connectivity index (χ2n) is 5.20. The molecular formula is C15H21N3O. The second kappa shape index (κ2) is 5.87. The summed E-state index contributed by atoms with van der Waals surface area (Å²) >= 11 is 0. The van der Waals surface area contributed by atoms with Crippen LogP contribution >= 0.6 is 0 Å². The zero-order valence-corrected chi connectivity index (χ0v) is 11.8. The molecule has 4 heteroatoms. The quantitative estimate of drug-likeness (QED) is 0.896. The maximum Gasteiger partial charge on any atom is 0.226 e. The van der Waals surface area contributed by atoms with Crippen molar-refractivity contribution in [2.24, 2.45) is 5.92 Å². The number of pyridine rings is 1. The van der Waals surface area contributed by atoms with E-state index in [1.807, 2.05) is 35.0 Å². The average molecular weight is 259 g/mol. The molecule has 0 spiro atoms. The first kappa shape index (κ1) is 13.6. The van der Waals surface area contributed by atoms with Crippen LogP contribution in [-0.2, 0) is 11.2 Å². The van der Waals surface area contributed by atoms with Gasteiger partial charge in [0.25, 0.3) is 0 Å². The van der Waals surface area contributed by atoms with Gasteiger partial charge >= 0.3 is 0 Å². The minimum Gasteiger partial charge on any atom is -0.353 e. The summed E-state index contributed by atoms with van der Waals surface area (Å²) in [5.41, 5.74) is 1.68. The SMILES string of the molecule is CC[C@H](NC(=O)Cc1cn2ccccc2n1)C(C)C. The summed E-state index contributed by atoms with van der Waals surface area (Å²) in [6.45, 7) is 6.34. The first-order valence-electron chi connectivity index (χ1n) is 6.82. The lowest BCUT2D eigenvalue weighted by atomic mass is 10.0. The molecule has 2 rings (SSSR count). The molecule has 0 aliphatic rings. The van der Waals surface area contributed by atoms with Crippen molar-refractivity contribution in [1.29, 1.82) is 0 Å². The van der Waals surface area contributed by atoms with Gasteiger partial charge in [-0.15, -0.1) is 0 Å². The number of rotatable bonds is 5. The molecule has 0 saturated carbocycles. The number of imidazole rings is 1. The first-order chi connectivity index (χ1) is 9.10. The van der Waals surface area contributed by atoms with Crippen LogP contribution in [-0.4, -0.2) is 21.3 Å². The van der Waals surface area contributed by atoms with Gasteiger partial charge in [0.05, 0.1) is 12.1 Å². The van der Waals surface area contributed by atoms with E-state index in [0.717, 1.165) is 17.8 Å². The monoisotopic (exact) mass is 259 g/mol. The van der Waals surface area contributed by atoms with Gasteiger partial charge < -0.3 is 9.72 Å². The predicted octanol–water partition coefficient (Wildman–Crippen LogP) is 2.43. The van der Waals surface area contributed by atoms with Crippen LogP contribution in [0.3, 0.4) is 0 Å². The lowest BCUT2D eigenvalue weighted by molar-refractivity contribution is -0.121. The molecule has 0 aliphatic heterocycles. The Kier molecular flexibility index (Phi) is 4.20. The molecule has 0 aromatic carbocycles. The number of carbonyl (C=O) groups excluding carboxylic acids is 1. The molecule has 0 unspecified atom stereocenters. The molecule has 0 fully saturated rings. The predicted molar refractivity (Wildman–Crippen MR) is 76.0 cm³/mol. The number of nitrogens with zero attached hydrogens (tertiary/aromatic N) is 2. The Morgan fingerprint density at radius 2 is 2.21 bits per heavy atom. The van der Waals surface area contributed by atoms with Crippen molar-refractivity contribution in [3.63, 3.8) is 0 Å². The first-order valence-corrected chi connectivity index (χ1v) is 6.82. The summed E-state index contributed by atoms with van der Waals surface area (Å²) in [5.74, 6) is 0.499. The summed E-state index contributed by atoms with van der Waals surface area (Å²) in [6.07, 6.45) is 5.14. The molecule has 1 N–H and O–H groups in total. The maximum atomic E-state index is 12.0. The van der Waals surface area contributed by atoms with Gasteiger partial charge in [-0.25, -0.2) is 4.98 Å². The highest BCUT2D eigenvalue weighted by Crippen LogP contribution is 2.08. The molecule has 0 bridgehead atoms. The molecule has 0 radical (unpaired) electrons. The Hall–Kier alpha value is -1.84. The molecular weight excluding hydrogens is 238 g/mol. The minimum absolute atomic E-state index is 0.0453.